The highest BCUT2D eigenvalue weighted by Gasteiger charge is 2.29. The van der Waals surface area contributed by atoms with Crippen LogP contribution in [0.5, 0.6) is 0 Å². The van der Waals surface area contributed by atoms with Gasteiger partial charge in [-0.15, -0.1) is 0 Å². The van der Waals surface area contributed by atoms with Crippen LogP contribution in [0.2, 0.25) is 0 Å². The topological polar surface area (TPSA) is 55.1 Å². The van der Waals surface area contributed by atoms with E-state index < -0.39 is 0 Å². The van der Waals surface area contributed by atoms with E-state index >= 15 is 0 Å². The number of fused-ring (bicyclic) bond motifs is 1. The monoisotopic (exact) mass is 204 g/mol. The van der Waals surface area contributed by atoms with Gasteiger partial charge in [-0.2, -0.15) is 0 Å². The lowest BCUT2D eigenvalue weighted by molar-refractivity contribution is -0.121. The lowest BCUT2D eigenvalue weighted by Gasteiger charge is -2.17. The molecule has 2 unspecified atom stereocenters. The quantitative estimate of drug-likeness (QED) is 0.759. The van der Waals surface area contributed by atoms with Crippen LogP contribution in [0.25, 0.3) is 0 Å². The van der Waals surface area contributed by atoms with E-state index in [2.05, 4.69) is 11.4 Å². The molecule has 1 aromatic rings. The van der Waals surface area contributed by atoms with Gasteiger partial charge in [0.05, 0.1) is 12.1 Å². The number of carbonyl (C=O) groups is 1. The van der Waals surface area contributed by atoms with Crippen LogP contribution in [0.3, 0.4) is 0 Å². The number of hydrogen-bond donors (Lipinski definition) is 2. The van der Waals surface area contributed by atoms with Crippen LogP contribution in [-0.2, 0) is 11.2 Å². The lowest BCUT2D eigenvalue weighted by atomic mass is 10.1. The van der Waals surface area contributed by atoms with Gasteiger partial charge in [0.25, 0.3) is 0 Å². The first-order valence-electron chi connectivity index (χ1n) is 5.35. The van der Waals surface area contributed by atoms with Gasteiger partial charge in [-0.3, -0.25) is 4.79 Å². The van der Waals surface area contributed by atoms with Gasteiger partial charge in [0.1, 0.15) is 0 Å². The summed E-state index contributed by atoms with van der Waals surface area (Å²) in [5, 5.41) is 2.96. The smallest absolute Gasteiger partial charge is 0.220 e. The Labute approximate surface area is 89.7 Å². The minimum Gasteiger partial charge on any atom is -0.351 e. The fourth-order valence-corrected chi connectivity index (χ4v) is 2.08. The number of benzene rings is 1. The van der Waals surface area contributed by atoms with Crippen LogP contribution in [0.4, 0.5) is 0 Å². The van der Waals surface area contributed by atoms with Crippen LogP contribution in [-0.4, -0.2) is 11.9 Å². The first-order chi connectivity index (χ1) is 7.22. The highest BCUT2D eigenvalue weighted by atomic mass is 16.1. The van der Waals surface area contributed by atoms with Gasteiger partial charge in [0, 0.05) is 6.42 Å². The molecule has 15 heavy (non-hydrogen) atoms. The zero-order chi connectivity index (χ0) is 10.8. The molecule has 1 aliphatic rings. The van der Waals surface area contributed by atoms with Gasteiger partial charge in [-0.05, 0) is 17.5 Å². The van der Waals surface area contributed by atoms with Crippen molar-refractivity contribution in [2.45, 2.75) is 31.8 Å². The zero-order valence-corrected chi connectivity index (χ0v) is 8.86. The minimum absolute atomic E-state index is 0.0586. The molecule has 1 aromatic carbocycles. The van der Waals surface area contributed by atoms with Gasteiger partial charge < -0.3 is 11.1 Å². The average molecular weight is 204 g/mol. The Morgan fingerprint density at radius 1 is 1.53 bits per heavy atom. The van der Waals surface area contributed by atoms with E-state index in [4.69, 9.17) is 5.73 Å². The van der Waals surface area contributed by atoms with Crippen LogP contribution in [0.1, 0.15) is 30.5 Å². The molecular weight excluding hydrogens is 188 g/mol. The van der Waals surface area contributed by atoms with Crippen molar-refractivity contribution < 1.29 is 4.79 Å². The molecule has 0 aromatic heterocycles. The molecule has 0 spiro atoms. The second-order valence-electron chi connectivity index (χ2n) is 3.96. The van der Waals surface area contributed by atoms with Crippen molar-refractivity contribution in [3.05, 3.63) is 35.4 Å². The van der Waals surface area contributed by atoms with Crippen LogP contribution < -0.4 is 11.1 Å². The first kappa shape index (κ1) is 10.2. The van der Waals surface area contributed by atoms with Crippen molar-refractivity contribution in [1.82, 2.24) is 5.32 Å². The largest absolute Gasteiger partial charge is 0.351 e. The molecule has 0 radical (unpaired) electrons. The molecule has 3 nitrogen and oxygen atoms in total. The summed E-state index contributed by atoms with van der Waals surface area (Å²) in [5.41, 5.74) is 8.50. The molecule has 0 fully saturated rings. The second kappa shape index (κ2) is 4.03. The fraction of sp³-hybridized carbons (Fsp3) is 0.417. The summed E-state index contributed by atoms with van der Waals surface area (Å²) < 4.78 is 0. The number of hydrogen-bond acceptors (Lipinski definition) is 2. The molecule has 0 aliphatic heterocycles. The van der Waals surface area contributed by atoms with Crippen LogP contribution in [0, 0.1) is 0 Å². The van der Waals surface area contributed by atoms with Gasteiger partial charge in [-0.1, -0.05) is 31.2 Å². The Balaban J connectivity index is 2.13. The van der Waals surface area contributed by atoms with E-state index in [1.165, 1.54) is 11.1 Å². The zero-order valence-electron chi connectivity index (χ0n) is 8.86. The third kappa shape index (κ3) is 1.88. The summed E-state index contributed by atoms with van der Waals surface area (Å²) in [6.45, 7) is 1.85. The third-order valence-corrected chi connectivity index (χ3v) is 2.96. The predicted molar refractivity (Wildman–Crippen MR) is 59.3 cm³/mol. The van der Waals surface area contributed by atoms with Crippen molar-refractivity contribution in [3.8, 4) is 0 Å². The number of carbonyl (C=O) groups excluding carboxylic acids is 1. The lowest BCUT2D eigenvalue weighted by Crippen LogP contribution is -2.40. The third-order valence-electron chi connectivity index (χ3n) is 2.96. The van der Waals surface area contributed by atoms with Gasteiger partial charge in [-0.25, -0.2) is 0 Å². The van der Waals surface area contributed by atoms with E-state index in [1.807, 2.05) is 25.1 Å². The van der Waals surface area contributed by atoms with Crippen molar-refractivity contribution in [2.75, 3.05) is 0 Å². The highest BCUT2D eigenvalue weighted by molar-refractivity contribution is 5.76. The summed E-state index contributed by atoms with van der Waals surface area (Å²) in [7, 11) is 0. The SMILES string of the molecule is CCC(=O)NC1Cc2ccccc2C1N. The van der Waals surface area contributed by atoms with E-state index in [1.54, 1.807) is 0 Å². The van der Waals surface area contributed by atoms with E-state index in [-0.39, 0.29) is 18.0 Å². The maximum atomic E-state index is 11.3. The summed E-state index contributed by atoms with van der Waals surface area (Å²) in [5.74, 6) is 0.0725. The molecule has 0 heterocycles. The van der Waals surface area contributed by atoms with Crippen LogP contribution in [0.15, 0.2) is 24.3 Å². The molecule has 3 N–H and O–H groups in total. The Morgan fingerprint density at radius 3 is 2.93 bits per heavy atom. The standard InChI is InChI=1S/C12H16N2O/c1-2-11(15)14-10-7-8-5-3-4-6-9(8)12(10)13/h3-6,10,12H,2,7,13H2,1H3,(H,14,15). The molecular formula is C12H16N2O. The van der Waals surface area contributed by atoms with Gasteiger partial charge in [0.2, 0.25) is 5.91 Å². The number of amides is 1. The van der Waals surface area contributed by atoms with Crippen molar-refractivity contribution in [2.24, 2.45) is 5.73 Å². The Morgan fingerprint density at radius 2 is 2.27 bits per heavy atom. The van der Waals surface area contributed by atoms with Gasteiger partial charge in [0.15, 0.2) is 0 Å². The highest BCUT2D eigenvalue weighted by Crippen LogP contribution is 2.29. The number of nitrogens with one attached hydrogen (secondary N) is 1. The number of nitrogens with two attached hydrogens (primary N) is 1. The average Bonchev–Trinajstić information content (AvgIpc) is 2.57. The summed E-state index contributed by atoms with van der Waals surface area (Å²) in [4.78, 5) is 11.3. The number of rotatable bonds is 2. The maximum absolute atomic E-state index is 11.3. The Bertz CT molecular complexity index is 376. The Hall–Kier alpha value is -1.35. The van der Waals surface area contributed by atoms with E-state index in [0.717, 1.165) is 6.42 Å². The van der Waals surface area contributed by atoms with Crippen molar-refractivity contribution in [1.29, 1.82) is 0 Å². The molecule has 2 rings (SSSR count). The molecule has 1 amide bonds. The minimum atomic E-state index is -0.0586. The van der Waals surface area contributed by atoms with E-state index in [9.17, 15) is 4.79 Å². The second-order valence-corrected chi connectivity index (χ2v) is 3.96. The Kier molecular flexibility index (Phi) is 2.73. The molecule has 0 saturated heterocycles. The van der Waals surface area contributed by atoms with Crippen LogP contribution >= 0.6 is 0 Å². The molecule has 80 valence electrons. The molecule has 0 saturated carbocycles. The van der Waals surface area contributed by atoms with E-state index in [0.29, 0.717) is 6.42 Å². The van der Waals surface area contributed by atoms with Gasteiger partial charge >= 0.3 is 0 Å². The maximum Gasteiger partial charge on any atom is 0.220 e. The fourth-order valence-electron chi connectivity index (χ4n) is 2.08. The predicted octanol–water partition coefficient (Wildman–Crippen LogP) is 1.14. The first-order valence-corrected chi connectivity index (χ1v) is 5.35. The van der Waals surface area contributed by atoms with Crippen molar-refractivity contribution >= 4 is 5.91 Å². The molecule has 2 atom stereocenters. The summed E-state index contributed by atoms with van der Waals surface area (Å²) in [6, 6.07) is 8.12. The van der Waals surface area contributed by atoms with Crippen molar-refractivity contribution in [3.63, 3.8) is 0 Å². The molecule has 0 bridgehead atoms. The normalized spacial score (nSPS) is 23.6. The molecule has 1 aliphatic carbocycles. The molecule has 3 heteroatoms. The summed E-state index contributed by atoms with van der Waals surface area (Å²) >= 11 is 0. The summed E-state index contributed by atoms with van der Waals surface area (Å²) in [6.07, 6.45) is 1.36.